The van der Waals surface area contributed by atoms with Gasteiger partial charge in [-0.2, -0.15) is 0 Å². The van der Waals surface area contributed by atoms with Crippen LogP contribution in [0.2, 0.25) is 0 Å². The molecule has 3 nitrogen and oxygen atoms in total. The number of benzene rings is 1. The minimum Gasteiger partial charge on any atom is -0.486 e. The van der Waals surface area contributed by atoms with Crippen molar-refractivity contribution >= 4 is 15.9 Å². The molecule has 0 N–H and O–H groups in total. The minimum absolute atomic E-state index is 0.225. The standard InChI is InChI=1S/C21H25BrO3/c1-2-19-21(25-14-13-24-19)9-6-7-16-15-17(10-11-18(16)22)20-8-4-3-5-12-23-20/h2,6,9-11,15,20H,1,3-5,7-8,12-14H2/b9-6+/t20-/m1/s1. The summed E-state index contributed by atoms with van der Waals surface area (Å²) >= 11 is 3.66. The van der Waals surface area contributed by atoms with Crippen LogP contribution in [0.1, 0.15) is 42.9 Å². The normalized spacial score (nSPS) is 21.6. The number of hydrogen-bond donors (Lipinski definition) is 0. The Kier molecular flexibility index (Phi) is 6.76. The van der Waals surface area contributed by atoms with Crippen molar-refractivity contribution in [3.8, 4) is 0 Å². The van der Waals surface area contributed by atoms with Gasteiger partial charge in [0.15, 0.2) is 11.5 Å². The Morgan fingerprint density at radius 2 is 1.92 bits per heavy atom. The predicted molar refractivity (Wildman–Crippen MR) is 103 cm³/mol. The number of rotatable bonds is 5. The third-order valence-electron chi connectivity index (χ3n) is 4.50. The molecule has 4 heteroatoms. The van der Waals surface area contributed by atoms with Crippen molar-refractivity contribution < 1.29 is 14.2 Å². The van der Waals surface area contributed by atoms with Gasteiger partial charge in [0.2, 0.25) is 0 Å². The molecule has 0 spiro atoms. The van der Waals surface area contributed by atoms with E-state index in [2.05, 4.69) is 46.8 Å². The van der Waals surface area contributed by atoms with Crippen LogP contribution in [-0.2, 0) is 20.6 Å². The molecule has 0 aliphatic carbocycles. The van der Waals surface area contributed by atoms with Crippen LogP contribution in [0.3, 0.4) is 0 Å². The van der Waals surface area contributed by atoms with Gasteiger partial charge in [0, 0.05) is 11.1 Å². The van der Waals surface area contributed by atoms with Gasteiger partial charge in [-0.3, -0.25) is 0 Å². The van der Waals surface area contributed by atoms with Gasteiger partial charge in [-0.15, -0.1) is 0 Å². The number of hydrogen-bond acceptors (Lipinski definition) is 3. The summed E-state index contributed by atoms with van der Waals surface area (Å²) < 4.78 is 18.3. The highest BCUT2D eigenvalue weighted by atomic mass is 79.9. The average Bonchev–Trinajstić information content (AvgIpc) is 2.93. The predicted octanol–water partition coefficient (Wildman–Crippen LogP) is 5.62. The summed E-state index contributed by atoms with van der Waals surface area (Å²) in [7, 11) is 0. The van der Waals surface area contributed by atoms with E-state index in [9.17, 15) is 0 Å². The van der Waals surface area contributed by atoms with Crippen LogP contribution in [0.15, 0.2) is 59.0 Å². The minimum atomic E-state index is 0.225. The Morgan fingerprint density at radius 1 is 1.08 bits per heavy atom. The molecule has 2 heterocycles. The fourth-order valence-electron chi connectivity index (χ4n) is 3.16. The Balaban J connectivity index is 1.71. The van der Waals surface area contributed by atoms with Crippen LogP contribution < -0.4 is 0 Å². The van der Waals surface area contributed by atoms with Gasteiger partial charge in [0.1, 0.15) is 13.2 Å². The fraction of sp³-hybridized carbons (Fsp3) is 0.429. The monoisotopic (exact) mass is 404 g/mol. The molecule has 134 valence electrons. The van der Waals surface area contributed by atoms with E-state index in [0.717, 1.165) is 29.7 Å². The van der Waals surface area contributed by atoms with Crippen molar-refractivity contribution in [1.29, 1.82) is 0 Å². The van der Waals surface area contributed by atoms with Gasteiger partial charge in [-0.25, -0.2) is 0 Å². The molecular weight excluding hydrogens is 380 g/mol. The Hall–Kier alpha value is -1.52. The summed E-state index contributed by atoms with van der Waals surface area (Å²) in [6, 6.07) is 6.55. The molecule has 0 aromatic heterocycles. The van der Waals surface area contributed by atoms with Crippen molar-refractivity contribution in [2.75, 3.05) is 19.8 Å². The van der Waals surface area contributed by atoms with Crippen LogP contribution >= 0.6 is 15.9 Å². The zero-order chi connectivity index (χ0) is 17.5. The summed E-state index contributed by atoms with van der Waals surface area (Å²) in [6.07, 6.45) is 11.6. The second-order valence-corrected chi connectivity index (χ2v) is 7.15. The maximum absolute atomic E-state index is 6.02. The fourth-order valence-corrected chi connectivity index (χ4v) is 3.57. The number of halogens is 1. The second kappa shape index (κ2) is 9.25. The maximum atomic E-state index is 6.02. The van der Waals surface area contributed by atoms with Gasteiger partial charge in [-0.05, 0) is 48.6 Å². The van der Waals surface area contributed by atoms with E-state index in [0.29, 0.717) is 19.0 Å². The lowest BCUT2D eigenvalue weighted by molar-refractivity contribution is 0.0583. The zero-order valence-electron chi connectivity index (χ0n) is 14.5. The van der Waals surface area contributed by atoms with Crippen LogP contribution in [0.5, 0.6) is 0 Å². The lowest BCUT2D eigenvalue weighted by Gasteiger charge is -2.18. The first kappa shape index (κ1) is 18.3. The third-order valence-corrected chi connectivity index (χ3v) is 5.28. The van der Waals surface area contributed by atoms with Crippen molar-refractivity contribution in [3.63, 3.8) is 0 Å². The summed E-state index contributed by atoms with van der Waals surface area (Å²) in [4.78, 5) is 0. The van der Waals surface area contributed by atoms with Gasteiger partial charge in [0.05, 0.1) is 6.10 Å². The van der Waals surface area contributed by atoms with Crippen molar-refractivity contribution in [1.82, 2.24) is 0 Å². The van der Waals surface area contributed by atoms with Crippen LogP contribution in [0.4, 0.5) is 0 Å². The second-order valence-electron chi connectivity index (χ2n) is 6.30. The lowest BCUT2D eigenvalue weighted by Crippen LogP contribution is -2.11. The first-order chi connectivity index (χ1) is 12.3. The molecule has 0 unspecified atom stereocenters. The van der Waals surface area contributed by atoms with Gasteiger partial charge in [0.25, 0.3) is 0 Å². The van der Waals surface area contributed by atoms with E-state index >= 15 is 0 Å². The SMILES string of the molecule is C=CC1=C(/C=C/Cc2cc([C@H]3CCCCCO3)ccc2Br)OCCO1. The molecule has 1 aromatic carbocycles. The quantitative estimate of drug-likeness (QED) is 0.636. The number of ether oxygens (including phenoxy) is 3. The molecule has 1 fully saturated rings. The van der Waals surface area contributed by atoms with Crippen molar-refractivity contribution in [3.05, 3.63) is 70.1 Å². The highest BCUT2D eigenvalue weighted by molar-refractivity contribution is 9.10. The summed E-state index contributed by atoms with van der Waals surface area (Å²) in [5.74, 6) is 1.46. The molecule has 0 radical (unpaired) electrons. The van der Waals surface area contributed by atoms with Crippen molar-refractivity contribution in [2.24, 2.45) is 0 Å². The first-order valence-electron chi connectivity index (χ1n) is 8.96. The first-order valence-corrected chi connectivity index (χ1v) is 9.76. The van der Waals surface area contributed by atoms with E-state index in [4.69, 9.17) is 14.2 Å². The topological polar surface area (TPSA) is 27.7 Å². The lowest BCUT2D eigenvalue weighted by atomic mass is 10.0. The van der Waals surface area contributed by atoms with Gasteiger partial charge < -0.3 is 14.2 Å². The van der Waals surface area contributed by atoms with Crippen LogP contribution in [0, 0.1) is 0 Å². The van der Waals surface area contributed by atoms with Gasteiger partial charge >= 0.3 is 0 Å². The summed E-state index contributed by atoms with van der Waals surface area (Å²) in [5, 5.41) is 0. The Bertz CT molecular complexity index is 655. The van der Waals surface area contributed by atoms with Crippen LogP contribution in [-0.4, -0.2) is 19.8 Å². The Labute approximate surface area is 158 Å². The molecule has 2 aliphatic rings. The average molecular weight is 405 g/mol. The highest BCUT2D eigenvalue weighted by Crippen LogP contribution is 2.30. The zero-order valence-corrected chi connectivity index (χ0v) is 16.1. The molecule has 25 heavy (non-hydrogen) atoms. The van der Waals surface area contributed by atoms with Crippen molar-refractivity contribution in [2.45, 2.75) is 38.2 Å². The van der Waals surface area contributed by atoms with E-state index in [-0.39, 0.29) is 6.10 Å². The molecule has 0 amide bonds. The summed E-state index contributed by atoms with van der Waals surface area (Å²) in [5.41, 5.74) is 2.52. The van der Waals surface area contributed by atoms with E-state index in [1.807, 2.05) is 6.08 Å². The van der Waals surface area contributed by atoms with E-state index in [1.54, 1.807) is 6.08 Å². The largest absolute Gasteiger partial charge is 0.486 e. The molecular formula is C21H25BrO3. The molecule has 1 atom stereocenters. The van der Waals surface area contributed by atoms with Gasteiger partial charge in [-0.1, -0.05) is 53.6 Å². The molecule has 0 bridgehead atoms. The van der Waals surface area contributed by atoms with Crippen LogP contribution in [0.25, 0.3) is 0 Å². The molecule has 1 saturated heterocycles. The Morgan fingerprint density at radius 3 is 2.76 bits per heavy atom. The maximum Gasteiger partial charge on any atom is 0.161 e. The number of allylic oxidation sites excluding steroid dienone is 3. The molecule has 0 saturated carbocycles. The molecule has 1 aromatic rings. The van der Waals surface area contributed by atoms with E-state index < -0.39 is 0 Å². The molecule has 3 rings (SSSR count). The third kappa shape index (κ3) is 4.99. The molecule has 2 aliphatic heterocycles. The summed E-state index contributed by atoms with van der Waals surface area (Å²) in [6.45, 7) is 5.79. The highest BCUT2D eigenvalue weighted by Gasteiger charge is 2.16. The van der Waals surface area contributed by atoms with E-state index in [1.165, 1.54) is 30.4 Å². The smallest absolute Gasteiger partial charge is 0.161 e.